The average molecular weight is 375 g/mol. The first-order valence-electron chi connectivity index (χ1n) is 10.7. The van der Waals surface area contributed by atoms with Crippen molar-refractivity contribution in [3.8, 4) is 0 Å². The molecule has 0 radical (unpaired) electrons. The number of nitrogens with zero attached hydrogens (tertiary/aromatic N) is 3. The van der Waals surface area contributed by atoms with Gasteiger partial charge in [-0.15, -0.1) is 0 Å². The van der Waals surface area contributed by atoms with Crippen molar-refractivity contribution in [1.29, 1.82) is 0 Å². The topological polar surface area (TPSA) is 47.1 Å². The maximum absolute atomic E-state index is 6.47. The number of piperidine rings is 1. The van der Waals surface area contributed by atoms with Gasteiger partial charge in [0.2, 0.25) is 0 Å². The molecule has 2 bridgehead atoms. The third-order valence-corrected chi connectivity index (χ3v) is 6.92. The highest BCUT2D eigenvalue weighted by atomic mass is 15.2. The molecule has 3 aromatic rings. The predicted octanol–water partition coefficient (Wildman–Crippen LogP) is 4.60. The summed E-state index contributed by atoms with van der Waals surface area (Å²) in [5.41, 5.74) is 10.1. The molecule has 0 saturated carbocycles. The van der Waals surface area contributed by atoms with E-state index in [4.69, 9.17) is 10.7 Å². The molecular weight excluding hydrogens is 344 g/mol. The number of benzene rings is 2. The standard InChI is InChI=1S/C24H30N4/c1-17-26-23-9-5-6-10-24(23)28(17)21-15-19-11-12-20(16-21)27(19)14-13-22(25)18-7-3-2-4-8-18/h2-10,19-22H,11-16,25H2,1H3. The van der Waals surface area contributed by atoms with Gasteiger partial charge in [0.25, 0.3) is 0 Å². The fraction of sp³-hybridized carbons (Fsp3) is 0.458. The fourth-order valence-corrected chi connectivity index (χ4v) is 5.60. The number of fused-ring (bicyclic) bond motifs is 3. The van der Waals surface area contributed by atoms with Crippen LogP contribution in [0.15, 0.2) is 54.6 Å². The van der Waals surface area contributed by atoms with Crippen molar-refractivity contribution in [3.63, 3.8) is 0 Å². The quantitative estimate of drug-likeness (QED) is 0.710. The van der Waals surface area contributed by atoms with Crippen LogP contribution in [0.25, 0.3) is 11.0 Å². The van der Waals surface area contributed by atoms with Gasteiger partial charge < -0.3 is 10.3 Å². The highest BCUT2D eigenvalue weighted by molar-refractivity contribution is 5.76. The summed E-state index contributed by atoms with van der Waals surface area (Å²) in [4.78, 5) is 7.56. The molecule has 0 amide bonds. The molecule has 2 fully saturated rings. The van der Waals surface area contributed by atoms with Crippen molar-refractivity contribution in [2.45, 2.75) is 63.2 Å². The normalized spacial score (nSPS) is 26.0. The lowest BCUT2D eigenvalue weighted by atomic mass is 9.95. The van der Waals surface area contributed by atoms with E-state index in [2.05, 4.69) is 71.0 Å². The van der Waals surface area contributed by atoms with Crippen LogP contribution in [0.5, 0.6) is 0 Å². The van der Waals surface area contributed by atoms with Crippen LogP contribution in [0.3, 0.4) is 0 Å². The summed E-state index contributed by atoms with van der Waals surface area (Å²) in [5, 5.41) is 0. The van der Waals surface area contributed by atoms with Gasteiger partial charge in [-0.3, -0.25) is 4.90 Å². The maximum atomic E-state index is 6.47. The number of hydrogen-bond acceptors (Lipinski definition) is 3. The molecule has 3 atom stereocenters. The number of rotatable bonds is 5. The lowest BCUT2D eigenvalue weighted by molar-refractivity contribution is 0.104. The molecule has 2 N–H and O–H groups in total. The van der Waals surface area contributed by atoms with Crippen molar-refractivity contribution in [2.75, 3.05) is 6.54 Å². The number of hydrogen-bond donors (Lipinski definition) is 1. The largest absolute Gasteiger partial charge is 0.325 e. The van der Waals surface area contributed by atoms with Gasteiger partial charge in [-0.25, -0.2) is 4.98 Å². The minimum absolute atomic E-state index is 0.137. The van der Waals surface area contributed by atoms with E-state index in [0.29, 0.717) is 18.1 Å². The Morgan fingerprint density at radius 3 is 2.39 bits per heavy atom. The number of aryl methyl sites for hydroxylation is 1. The molecule has 0 aliphatic carbocycles. The Bertz CT molecular complexity index is 934. The summed E-state index contributed by atoms with van der Waals surface area (Å²) in [6.07, 6.45) is 6.16. The fourth-order valence-electron chi connectivity index (χ4n) is 5.60. The summed E-state index contributed by atoms with van der Waals surface area (Å²) in [6, 6.07) is 21.2. The molecular formula is C24H30N4. The second-order valence-corrected chi connectivity index (χ2v) is 8.57. The smallest absolute Gasteiger partial charge is 0.106 e. The minimum Gasteiger partial charge on any atom is -0.325 e. The molecule has 3 heterocycles. The summed E-state index contributed by atoms with van der Waals surface area (Å²) in [5.74, 6) is 1.16. The number of nitrogens with two attached hydrogens (primary N) is 1. The van der Waals surface area contributed by atoms with Crippen LogP contribution in [-0.4, -0.2) is 33.1 Å². The number of imidazole rings is 1. The zero-order valence-corrected chi connectivity index (χ0v) is 16.7. The molecule has 1 aromatic heterocycles. The second kappa shape index (κ2) is 7.34. The first-order chi connectivity index (χ1) is 13.7. The summed E-state index contributed by atoms with van der Waals surface area (Å²) >= 11 is 0. The van der Waals surface area contributed by atoms with E-state index in [1.54, 1.807) is 0 Å². The van der Waals surface area contributed by atoms with Crippen LogP contribution in [0.2, 0.25) is 0 Å². The molecule has 5 rings (SSSR count). The first-order valence-corrected chi connectivity index (χ1v) is 10.7. The number of para-hydroxylation sites is 2. The summed E-state index contributed by atoms with van der Waals surface area (Å²) < 4.78 is 2.51. The first kappa shape index (κ1) is 17.9. The molecule has 4 heteroatoms. The molecule has 2 aromatic carbocycles. The highest BCUT2D eigenvalue weighted by Crippen LogP contribution is 2.42. The van der Waals surface area contributed by atoms with E-state index in [0.717, 1.165) is 24.3 Å². The Balaban J connectivity index is 1.29. The van der Waals surface area contributed by atoms with E-state index in [1.807, 2.05) is 0 Å². The SMILES string of the molecule is Cc1nc2ccccc2n1C1CC2CCC(C1)N2CCC(N)c1ccccc1. The summed E-state index contributed by atoms with van der Waals surface area (Å²) in [6.45, 7) is 3.27. The Morgan fingerprint density at radius 2 is 1.64 bits per heavy atom. The van der Waals surface area contributed by atoms with Gasteiger partial charge in [0.15, 0.2) is 0 Å². The molecule has 4 nitrogen and oxygen atoms in total. The van der Waals surface area contributed by atoms with Crippen LogP contribution >= 0.6 is 0 Å². The van der Waals surface area contributed by atoms with E-state index in [-0.39, 0.29) is 6.04 Å². The van der Waals surface area contributed by atoms with Gasteiger partial charge in [0, 0.05) is 30.7 Å². The lowest BCUT2D eigenvalue weighted by Crippen LogP contribution is -2.44. The second-order valence-electron chi connectivity index (χ2n) is 8.57. The zero-order chi connectivity index (χ0) is 19.1. The Kier molecular flexibility index (Phi) is 4.69. The molecule has 0 spiro atoms. The van der Waals surface area contributed by atoms with Crippen molar-refractivity contribution in [2.24, 2.45) is 5.73 Å². The van der Waals surface area contributed by atoms with Crippen LogP contribution in [-0.2, 0) is 0 Å². The van der Waals surface area contributed by atoms with Gasteiger partial charge in [-0.05, 0) is 56.7 Å². The van der Waals surface area contributed by atoms with Gasteiger partial charge in [-0.2, -0.15) is 0 Å². The van der Waals surface area contributed by atoms with E-state index >= 15 is 0 Å². The molecule has 3 unspecified atom stereocenters. The van der Waals surface area contributed by atoms with Crippen LogP contribution < -0.4 is 5.73 Å². The molecule has 2 aliphatic heterocycles. The molecule has 28 heavy (non-hydrogen) atoms. The molecule has 2 aliphatic rings. The van der Waals surface area contributed by atoms with E-state index in [1.165, 1.54) is 36.8 Å². The van der Waals surface area contributed by atoms with Crippen molar-refractivity contribution < 1.29 is 0 Å². The molecule has 146 valence electrons. The third kappa shape index (κ3) is 3.15. The summed E-state index contributed by atoms with van der Waals surface area (Å²) in [7, 11) is 0. The van der Waals surface area contributed by atoms with E-state index < -0.39 is 0 Å². The predicted molar refractivity (Wildman–Crippen MR) is 114 cm³/mol. The van der Waals surface area contributed by atoms with Crippen molar-refractivity contribution >= 4 is 11.0 Å². The van der Waals surface area contributed by atoms with Crippen LogP contribution in [0.1, 0.15) is 55.6 Å². The Labute approximate surface area is 167 Å². The lowest BCUT2D eigenvalue weighted by Gasteiger charge is -2.40. The van der Waals surface area contributed by atoms with Crippen LogP contribution in [0, 0.1) is 6.92 Å². The zero-order valence-electron chi connectivity index (χ0n) is 16.7. The van der Waals surface area contributed by atoms with Gasteiger partial charge >= 0.3 is 0 Å². The van der Waals surface area contributed by atoms with E-state index in [9.17, 15) is 0 Å². The van der Waals surface area contributed by atoms with Gasteiger partial charge in [-0.1, -0.05) is 42.5 Å². The van der Waals surface area contributed by atoms with Crippen LogP contribution in [0.4, 0.5) is 0 Å². The monoisotopic (exact) mass is 374 g/mol. The average Bonchev–Trinajstić information content (AvgIpc) is 3.18. The van der Waals surface area contributed by atoms with Crippen molar-refractivity contribution in [1.82, 2.24) is 14.5 Å². The Hall–Kier alpha value is -2.17. The maximum Gasteiger partial charge on any atom is 0.106 e. The minimum atomic E-state index is 0.137. The Morgan fingerprint density at radius 1 is 0.964 bits per heavy atom. The number of aromatic nitrogens is 2. The third-order valence-electron chi connectivity index (χ3n) is 6.92. The van der Waals surface area contributed by atoms with Gasteiger partial charge in [0.1, 0.15) is 5.82 Å². The van der Waals surface area contributed by atoms with Gasteiger partial charge in [0.05, 0.1) is 11.0 Å². The van der Waals surface area contributed by atoms with Crippen molar-refractivity contribution in [3.05, 3.63) is 66.0 Å². The molecule has 2 saturated heterocycles. The highest BCUT2D eigenvalue weighted by Gasteiger charge is 2.41.